The van der Waals surface area contributed by atoms with Crippen molar-refractivity contribution in [1.82, 2.24) is 0 Å². The molecule has 0 fully saturated rings. The van der Waals surface area contributed by atoms with Crippen LogP contribution in [0.5, 0.6) is 0 Å². The van der Waals surface area contributed by atoms with Gasteiger partial charge in [0.15, 0.2) is 0 Å². The summed E-state index contributed by atoms with van der Waals surface area (Å²) < 4.78 is 0. The third kappa shape index (κ3) is 6.03. The molecular weight excluding hydrogens is 723 g/mol. The molecule has 11 rings (SSSR count). The third-order valence-electron chi connectivity index (χ3n) is 12.3. The molecule has 0 unspecified atom stereocenters. The van der Waals surface area contributed by atoms with Gasteiger partial charge in [0.2, 0.25) is 0 Å². The fourth-order valence-corrected chi connectivity index (χ4v) is 9.55. The van der Waals surface area contributed by atoms with Crippen LogP contribution in [-0.4, -0.2) is 0 Å². The van der Waals surface area contributed by atoms with E-state index >= 15 is 0 Å². The molecule has 0 aromatic heterocycles. The molecular formula is C59H41N. The highest BCUT2D eigenvalue weighted by Gasteiger charge is 2.46. The number of hydrogen-bond acceptors (Lipinski definition) is 1. The van der Waals surface area contributed by atoms with Gasteiger partial charge in [-0.2, -0.15) is 0 Å². The van der Waals surface area contributed by atoms with Crippen LogP contribution in [-0.2, 0) is 5.41 Å². The Bertz CT molecular complexity index is 3110. The fraction of sp³-hybridized carbons (Fsp3) is 0.0169. The summed E-state index contributed by atoms with van der Waals surface area (Å²) in [5, 5.41) is 2.48. The molecule has 0 N–H and O–H groups in total. The van der Waals surface area contributed by atoms with E-state index in [-0.39, 0.29) is 0 Å². The van der Waals surface area contributed by atoms with Gasteiger partial charge in [0, 0.05) is 17.1 Å². The topological polar surface area (TPSA) is 3.24 Å². The number of rotatable bonds is 8. The van der Waals surface area contributed by atoms with E-state index in [0.29, 0.717) is 0 Å². The first-order valence-electron chi connectivity index (χ1n) is 20.7. The van der Waals surface area contributed by atoms with Crippen LogP contribution in [0.4, 0.5) is 17.1 Å². The minimum absolute atomic E-state index is 0.511. The minimum atomic E-state index is -0.511. The van der Waals surface area contributed by atoms with Gasteiger partial charge in [0.25, 0.3) is 0 Å². The van der Waals surface area contributed by atoms with Gasteiger partial charge in [-0.25, -0.2) is 0 Å². The van der Waals surface area contributed by atoms with Crippen molar-refractivity contribution in [3.8, 4) is 44.5 Å². The molecule has 0 bridgehead atoms. The predicted octanol–water partition coefficient (Wildman–Crippen LogP) is 15.7. The SMILES string of the molecule is c1ccc(-c2cccc(-c3cccc(N(c4cccc(-c5ccc6ccccc6c5)c4)c4ccc5c(c4)C(c4ccccc4)(c4ccccc4)c4ccccc4-5)c3)c2)cc1. The van der Waals surface area contributed by atoms with E-state index in [1.807, 2.05) is 0 Å². The lowest BCUT2D eigenvalue weighted by Crippen LogP contribution is -2.28. The molecule has 10 aromatic rings. The van der Waals surface area contributed by atoms with Gasteiger partial charge in [0.1, 0.15) is 0 Å². The molecule has 0 aliphatic heterocycles. The number of benzene rings is 10. The highest BCUT2D eigenvalue weighted by molar-refractivity contribution is 5.92. The van der Waals surface area contributed by atoms with Crippen molar-refractivity contribution in [2.24, 2.45) is 0 Å². The lowest BCUT2D eigenvalue weighted by atomic mass is 9.67. The molecule has 0 spiro atoms. The van der Waals surface area contributed by atoms with Crippen molar-refractivity contribution in [2.75, 3.05) is 4.90 Å². The van der Waals surface area contributed by atoms with Crippen molar-refractivity contribution < 1.29 is 0 Å². The Morgan fingerprint density at radius 2 is 0.717 bits per heavy atom. The van der Waals surface area contributed by atoms with Crippen LogP contribution in [0.1, 0.15) is 22.3 Å². The lowest BCUT2D eigenvalue weighted by Gasteiger charge is -2.35. The molecule has 0 atom stereocenters. The molecule has 1 heteroatoms. The Morgan fingerprint density at radius 3 is 1.38 bits per heavy atom. The smallest absolute Gasteiger partial charge is 0.0714 e. The molecule has 282 valence electrons. The van der Waals surface area contributed by atoms with Crippen molar-refractivity contribution in [3.63, 3.8) is 0 Å². The monoisotopic (exact) mass is 763 g/mol. The van der Waals surface area contributed by atoms with E-state index in [1.165, 1.54) is 72.0 Å². The zero-order chi connectivity index (χ0) is 39.9. The van der Waals surface area contributed by atoms with Crippen molar-refractivity contribution in [2.45, 2.75) is 5.41 Å². The van der Waals surface area contributed by atoms with Crippen LogP contribution in [0, 0.1) is 0 Å². The molecule has 60 heavy (non-hydrogen) atoms. The molecule has 1 aliphatic rings. The van der Waals surface area contributed by atoms with E-state index in [0.717, 1.165) is 22.6 Å². The maximum atomic E-state index is 2.46. The molecule has 1 nitrogen and oxygen atoms in total. The van der Waals surface area contributed by atoms with Crippen LogP contribution < -0.4 is 4.90 Å². The van der Waals surface area contributed by atoms with Crippen LogP contribution in [0.15, 0.2) is 249 Å². The molecule has 0 saturated heterocycles. The maximum absolute atomic E-state index is 2.46. The summed E-state index contributed by atoms with van der Waals surface area (Å²) in [5.41, 5.74) is 17.5. The summed E-state index contributed by atoms with van der Waals surface area (Å²) in [5.74, 6) is 0. The third-order valence-corrected chi connectivity index (χ3v) is 12.3. The van der Waals surface area contributed by atoms with Gasteiger partial charge in [-0.05, 0) is 126 Å². The van der Waals surface area contributed by atoms with Gasteiger partial charge >= 0.3 is 0 Å². The summed E-state index contributed by atoms with van der Waals surface area (Å²) >= 11 is 0. The standard InChI is InChI=1S/C59H41N/c1-4-17-42(18-5-1)45-21-14-22-46(37-45)47-23-15-29-52(39-47)60(53-30-16-24-48(40-53)49-34-33-43-19-10-11-20-44(43)38-49)54-35-36-56-55-31-12-13-32-57(55)59(58(56)41-54,50-25-6-2-7-26-50)51-27-8-3-9-28-51/h1-41H. The van der Waals surface area contributed by atoms with Gasteiger partial charge in [0.05, 0.1) is 5.41 Å². The summed E-state index contributed by atoms with van der Waals surface area (Å²) in [6, 6.07) is 91.1. The Labute approximate surface area is 352 Å². The van der Waals surface area contributed by atoms with E-state index in [1.54, 1.807) is 0 Å². The fourth-order valence-electron chi connectivity index (χ4n) is 9.55. The zero-order valence-corrected chi connectivity index (χ0v) is 33.1. The summed E-state index contributed by atoms with van der Waals surface area (Å²) in [4.78, 5) is 2.44. The Kier molecular flexibility index (Phi) is 8.79. The van der Waals surface area contributed by atoms with E-state index in [2.05, 4.69) is 254 Å². The van der Waals surface area contributed by atoms with E-state index in [9.17, 15) is 0 Å². The van der Waals surface area contributed by atoms with E-state index in [4.69, 9.17) is 0 Å². The predicted molar refractivity (Wildman–Crippen MR) is 252 cm³/mol. The molecule has 0 radical (unpaired) electrons. The lowest BCUT2D eigenvalue weighted by molar-refractivity contribution is 0.768. The minimum Gasteiger partial charge on any atom is -0.310 e. The number of hydrogen-bond donors (Lipinski definition) is 0. The summed E-state index contributed by atoms with van der Waals surface area (Å²) in [7, 11) is 0. The second-order valence-corrected chi connectivity index (χ2v) is 15.7. The van der Waals surface area contributed by atoms with Crippen molar-refractivity contribution in [3.05, 3.63) is 271 Å². The molecule has 0 amide bonds. The van der Waals surface area contributed by atoms with Crippen LogP contribution in [0.3, 0.4) is 0 Å². The normalized spacial score (nSPS) is 12.5. The van der Waals surface area contributed by atoms with E-state index < -0.39 is 5.41 Å². The van der Waals surface area contributed by atoms with Crippen LogP contribution in [0.2, 0.25) is 0 Å². The highest BCUT2D eigenvalue weighted by atomic mass is 15.1. The van der Waals surface area contributed by atoms with Crippen LogP contribution in [0.25, 0.3) is 55.3 Å². The van der Waals surface area contributed by atoms with Gasteiger partial charge in [-0.15, -0.1) is 0 Å². The zero-order valence-electron chi connectivity index (χ0n) is 33.1. The highest BCUT2D eigenvalue weighted by Crippen LogP contribution is 2.57. The Morgan fingerprint density at radius 1 is 0.250 bits per heavy atom. The molecule has 0 saturated carbocycles. The van der Waals surface area contributed by atoms with Gasteiger partial charge < -0.3 is 4.90 Å². The van der Waals surface area contributed by atoms with Crippen molar-refractivity contribution in [1.29, 1.82) is 0 Å². The van der Waals surface area contributed by atoms with Gasteiger partial charge in [-0.3, -0.25) is 0 Å². The number of nitrogens with zero attached hydrogens (tertiary/aromatic N) is 1. The molecule has 0 heterocycles. The second-order valence-electron chi connectivity index (χ2n) is 15.7. The summed E-state index contributed by atoms with van der Waals surface area (Å²) in [6.45, 7) is 0. The first kappa shape index (κ1) is 35.4. The second kappa shape index (κ2) is 14.9. The molecule has 10 aromatic carbocycles. The largest absolute Gasteiger partial charge is 0.310 e. The average Bonchev–Trinajstić information content (AvgIpc) is 3.63. The number of anilines is 3. The Balaban J connectivity index is 1.13. The first-order chi connectivity index (χ1) is 29.7. The first-order valence-corrected chi connectivity index (χ1v) is 20.7. The summed E-state index contributed by atoms with van der Waals surface area (Å²) in [6.07, 6.45) is 0. The Hall–Kier alpha value is -7.74. The average molecular weight is 764 g/mol. The van der Waals surface area contributed by atoms with Gasteiger partial charge in [-0.1, -0.05) is 200 Å². The van der Waals surface area contributed by atoms with Crippen LogP contribution >= 0.6 is 0 Å². The maximum Gasteiger partial charge on any atom is 0.0714 e. The number of fused-ring (bicyclic) bond motifs is 4. The molecule has 1 aliphatic carbocycles. The quantitative estimate of drug-likeness (QED) is 0.149. The van der Waals surface area contributed by atoms with Crippen molar-refractivity contribution >= 4 is 27.8 Å².